The van der Waals surface area contributed by atoms with Crippen LogP contribution in [0.15, 0.2) is 48.5 Å². The molecular formula is C26H32N2O6. The minimum absolute atomic E-state index is 0.210. The Kier molecular flexibility index (Phi) is 8.15. The van der Waals surface area contributed by atoms with Gasteiger partial charge < -0.3 is 24.8 Å². The SMILES string of the molecule is CCOC(=O)[C@H](Cc1ccccc1)NC(=O)c1cccc2c1OCCC2NC(=O)OC(C)(C)C. The van der Waals surface area contributed by atoms with Gasteiger partial charge in [-0.05, 0) is 39.3 Å². The number of fused-ring (bicyclic) bond motifs is 1. The summed E-state index contributed by atoms with van der Waals surface area (Å²) in [5.41, 5.74) is 1.24. The van der Waals surface area contributed by atoms with E-state index in [0.717, 1.165) is 5.56 Å². The number of para-hydroxylation sites is 1. The lowest BCUT2D eigenvalue weighted by atomic mass is 9.97. The lowest BCUT2D eigenvalue weighted by Crippen LogP contribution is -2.43. The van der Waals surface area contributed by atoms with E-state index in [0.29, 0.717) is 30.8 Å². The summed E-state index contributed by atoms with van der Waals surface area (Å²) in [4.78, 5) is 38.1. The van der Waals surface area contributed by atoms with Gasteiger partial charge in [0, 0.05) is 18.4 Å². The molecule has 3 rings (SSSR count). The third-order valence-corrected chi connectivity index (χ3v) is 5.17. The molecule has 0 fully saturated rings. The topological polar surface area (TPSA) is 103 Å². The van der Waals surface area contributed by atoms with Crippen LogP contribution in [0.5, 0.6) is 5.75 Å². The van der Waals surface area contributed by atoms with Crippen LogP contribution in [0.3, 0.4) is 0 Å². The second kappa shape index (κ2) is 11.0. The Morgan fingerprint density at radius 1 is 1.09 bits per heavy atom. The molecule has 8 heteroatoms. The van der Waals surface area contributed by atoms with Gasteiger partial charge in [0.05, 0.1) is 24.8 Å². The molecule has 0 radical (unpaired) electrons. The van der Waals surface area contributed by atoms with Gasteiger partial charge in [-0.2, -0.15) is 0 Å². The van der Waals surface area contributed by atoms with Crippen molar-refractivity contribution in [2.75, 3.05) is 13.2 Å². The van der Waals surface area contributed by atoms with Gasteiger partial charge in [0.15, 0.2) is 0 Å². The zero-order chi connectivity index (χ0) is 24.7. The van der Waals surface area contributed by atoms with Crippen LogP contribution in [0.25, 0.3) is 0 Å². The maximum absolute atomic E-state index is 13.2. The molecule has 1 unspecified atom stereocenters. The average Bonchev–Trinajstić information content (AvgIpc) is 2.78. The van der Waals surface area contributed by atoms with Crippen LogP contribution in [0, 0.1) is 0 Å². The van der Waals surface area contributed by atoms with Crippen LogP contribution in [0.2, 0.25) is 0 Å². The van der Waals surface area contributed by atoms with E-state index in [1.165, 1.54) is 0 Å². The van der Waals surface area contributed by atoms with Crippen molar-refractivity contribution in [2.24, 2.45) is 0 Å². The number of carbonyl (C=O) groups is 3. The Balaban J connectivity index is 1.80. The molecule has 1 heterocycles. The highest BCUT2D eigenvalue weighted by atomic mass is 16.6. The van der Waals surface area contributed by atoms with Crippen LogP contribution >= 0.6 is 0 Å². The van der Waals surface area contributed by atoms with E-state index < -0.39 is 29.6 Å². The third-order valence-electron chi connectivity index (χ3n) is 5.17. The molecule has 0 spiro atoms. The molecule has 0 bridgehead atoms. The van der Waals surface area contributed by atoms with Gasteiger partial charge >= 0.3 is 12.1 Å². The fourth-order valence-corrected chi connectivity index (χ4v) is 3.73. The van der Waals surface area contributed by atoms with E-state index >= 15 is 0 Å². The molecular weight excluding hydrogens is 436 g/mol. The fraction of sp³-hybridized carbons (Fsp3) is 0.423. The van der Waals surface area contributed by atoms with Crippen molar-refractivity contribution in [1.29, 1.82) is 0 Å². The van der Waals surface area contributed by atoms with E-state index in [4.69, 9.17) is 14.2 Å². The highest BCUT2D eigenvalue weighted by molar-refractivity contribution is 5.99. The van der Waals surface area contributed by atoms with E-state index in [2.05, 4.69) is 10.6 Å². The molecule has 0 saturated heterocycles. The van der Waals surface area contributed by atoms with Crippen molar-refractivity contribution in [2.45, 2.75) is 58.2 Å². The summed E-state index contributed by atoms with van der Waals surface area (Å²) in [5, 5.41) is 5.66. The number of rotatable bonds is 7. The standard InChI is InChI=1S/C26H32N2O6/c1-5-32-24(30)21(16-17-10-7-6-8-11-17)27-23(29)19-13-9-12-18-20(14-15-33-22(18)19)28-25(31)34-26(2,3)4/h6-13,20-21H,5,14-16H2,1-4H3,(H,27,29)(H,28,31)/t20?,21-/m0/s1. The maximum atomic E-state index is 13.2. The normalized spacial score (nSPS) is 15.8. The Morgan fingerprint density at radius 3 is 2.50 bits per heavy atom. The first-order chi connectivity index (χ1) is 16.2. The molecule has 182 valence electrons. The largest absolute Gasteiger partial charge is 0.492 e. The van der Waals surface area contributed by atoms with Gasteiger partial charge in [-0.1, -0.05) is 42.5 Å². The number of benzene rings is 2. The molecule has 2 atom stereocenters. The number of amides is 2. The van der Waals surface area contributed by atoms with Crippen molar-refractivity contribution in [3.8, 4) is 5.75 Å². The molecule has 1 aliphatic heterocycles. The minimum Gasteiger partial charge on any atom is -0.492 e. The zero-order valence-corrected chi connectivity index (χ0v) is 20.1. The van der Waals surface area contributed by atoms with Crippen molar-refractivity contribution >= 4 is 18.0 Å². The summed E-state index contributed by atoms with van der Waals surface area (Å²) in [5.74, 6) is -0.576. The Bertz CT molecular complexity index is 1020. The average molecular weight is 469 g/mol. The fourth-order valence-electron chi connectivity index (χ4n) is 3.73. The first-order valence-electron chi connectivity index (χ1n) is 11.4. The van der Waals surface area contributed by atoms with Gasteiger partial charge in [-0.25, -0.2) is 9.59 Å². The van der Waals surface area contributed by atoms with Crippen LogP contribution in [-0.2, 0) is 20.7 Å². The van der Waals surface area contributed by atoms with E-state index in [1.54, 1.807) is 45.9 Å². The highest BCUT2D eigenvalue weighted by Gasteiger charge is 2.30. The molecule has 1 aliphatic rings. The Labute approximate surface area is 200 Å². The summed E-state index contributed by atoms with van der Waals surface area (Å²) >= 11 is 0. The number of ether oxygens (including phenoxy) is 3. The third kappa shape index (κ3) is 6.73. The van der Waals surface area contributed by atoms with Gasteiger partial charge in [-0.3, -0.25) is 4.79 Å². The molecule has 0 saturated carbocycles. The van der Waals surface area contributed by atoms with Crippen LogP contribution in [0.4, 0.5) is 4.79 Å². The van der Waals surface area contributed by atoms with Crippen LogP contribution in [0.1, 0.15) is 61.6 Å². The lowest BCUT2D eigenvalue weighted by molar-refractivity contribution is -0.145. The van der Waals surface area contributed by atoms with Crippen molar-refractivity contribution in [1.82, 2.24) is 10.6 Å². The van der Waals surface area contributed by atoms with Crippen LogP contribution < -0.4 is 15.4 Å². The molecule has 0 aliphatic carbocycles. The molecule has 2 amide bonds. The molecule has 34 heavy (non-hydrogen) atoms. The highest BCUT2D eigenvalue weighted by Crippen LogP contribution is 2.35. The second-order valence-corrected chi connectivity index (χ2v) is 9.03. The van der Waals surface area contributed by atoms with Gasteiger partial charge in [0.25, 0.3) is 5.91 Å². The predicted octanol–water partition coefficient (Wildman–Crippen LogP) is 3.94. The molecule has 2 aromatic carbocycles. The minimum atomic E-state index is -0.856. The summed E-state index contributed by atoms with van der Waals surface area (Å²) in [6.07, 6.45) is 0.298. The predicted molar refractivity (Wildman–Crippen MR) is 127 cm³/mol. The number of esters is 1. The summed E-state index contributed by atoms with van der Waals surface area (Å²) in [7, 11) is 0. The number of alkyl carbamates (subject to hydrolysis) is 1. The summed E-state index contributed by atoms with van der Waals surface area (Å²) < 4.78 is 16.4. The maximum Gasteiger partial charge on any atom is 0.408 e. The monoisotopic (exact) mass is 468 g/mol. The molecule has 8 nitrogen and oxygen atoms in total. The Morgan fingerprint density at radius 2 is 1.82 bits per heavy atom. The number of carbonyl (C=O) groups excluding carboxylic acids is 3. The summed E-state index contributed by atoms with van der Waals surface area (Å²) in [6.45, 7) is 7.64. The van der Waals surface area contributed by atoms with E-state index in [-0.39, 0.29) is 18.2 Å². The van der Waals surface area contributed by atoms with Crippen molar-refractivity contribution in [3.63, 3.8) is 0 Å². The molecule has 2 N–H and O–H groups in total. The second-order valence-electron chi connectivity index (χ2n) is 9.03. The summed E-state index contributed by atoms with van der Waals surface area (Å²) in [6, 6.07) is 13.4. The number of nitrogens with one attached hydrogen (secondary N) is 2. The lowest BCUT2D eigenvalue weighted by Gasteiger charge is -2.29. The first kappa shape index (κ1) is 25.1. The van der Waals surface area contributed by atoms with Gasteiger partial charge in [-0.15, -0.1) is 0 Å². The number of hydrogen-bond acceptors (Lipinski definition) is 6. The smallest absolute Gasteiger partial charge is 0.408 e. The molecule has 2 aromatic rings. The molecule has 0 aromatic heterocycles. The van der Waals surface area contributed by atoms with Crippen molar-refractivity contribution < 1.29 is 28.6 Å². The van der Waals surface area contributed by atoms with Gasteiger partial charge in [0.1, 0.15) is 17.4 Å². The first-order valence-corrected chi connectivity index (χ1v) is 11.4. The zero-order valence-electron chi connectivity index (χ0n) is 20.1. The van der Waals surface area contributed by atoms with Gasteiger partial charge in [0.2, 0.25) is 0 Å². The van der Waals surface area contributed by atoms with Crippen LogP contribution in [-0.4, -0.2) is 42.8 Å². The van der Waals surface area contributed by atoms with E-state index in [9.17, 15) is 14.4 Å². The van der Waals surface area contributed by atoms with Crippen molar-refractivity contribution in [3.05, 3.63) is 65.2 Å². The Hall–Kier alpha value is -3.55. The number of hydrogen-bond donors (Lipinski definition) is 2. The quantitative estimate of drug-likeness (QED) is 0.597. The van der Waals surface area contributed by atoms with E-state index in [1.807, 2.05) is 30.3 Å².